The van der Waals surface area contributed by atoms with Crippen LogP contribution in [0.4, 0.5) is 11.4 Å². The van der Waals surface area contributed by atoms with Crippen LogP contribution in [0.25, 0.3) is 0 Å². The maximum Gasteiger partial charge on any atom is 0.240 e. The summed E-state index contributed by atoms with van der Waals surface area (Å²) in [5.41, 5.74) is 7.89. The molecule has 0 aliphatic rings. The number of hydrogen-bond donors (Lipinski definition) is 2. The van der Waals surface area contributed by atoms with E-state index in [0.29, 0.717) is 15.6 Å². The first-order valence-corrected chi connectivity index (χ1v) is 8.20. The van der Waals surface area contributed by atoms with E-state index in [-0.39, 0.29) is 5.91 Å². The van der Waals surface area contributed by atoms with Gasteiger partial charge in [-0.2, -0.15) is 0 Å². The predicted octanol–water partition coefficient (Wildman–Crippen LogP) is 2.77. The molecule has 0 aliphatic heterocycles. The quantitative estimate of drug-likeness (QED) is 0.853. The Labute approximate surface area is 124 Å². The first-order valence-electron chi connectivity index (χ1n) is 6.10. The van der Waals surface area contributed by atoms with E-state index in [9.17, 15) is 9.00 Å². The van der Waals surface area contributed by atoms with Crippen LogP contribution in [0.3, 0.4) is 0 Å². The van der Waals surface area contributed by atoms with E-state index in [1.807, 2.05) is 18.4 Å². The van der Waals surface area contributed by atoms with Crippen LogP contribution in [0.15, 0.2) is 39.9 Å². The van der Waals surface area contributed by atoms with Gasteiger partial charge in [0, 0.05) is 11.4 Å². The number of nitrogen functional groups attached to an aromatic ring is 1. The molecule has 106 valence electrons. The second-order valence-electron chi connectivity index (χ2n) is 4.38. The van der Waals surface area contributed by atoms with Gasteiger partial charge in [0.25, 0.3) is 0 Å². The zero-order chi connectivity index (χ0) is 14.7. The van der Waals surface area contributed by atoms with Crippen LogP contribution in [-0.2, 0) is 15.6 Å². The van der Waals surface area contributed by atoms with E-state index in [2.05, 4.69) is 5.32 Å². The Hall–Kier alpha value is -1.66. The van der Waals surface area contributed by atoms with Crippen LogP contribution < -0.4 is 11.1 Å². The average molecular weight is 308 g/mol. The van der Waals surface area contributed by atoms with Gasteiger partial charge < -0.3 is 11.1 Å². The van der Waals surface area contributed by atoms with Crippen molar-refractivity contribution >= 4 is 39.4 Å². The standard InChI is InChI=1S/C14H16N2O2S2/c1-9-11(15)5-3-6-12(9)16-14(17)10(2)20(18)13-7-4-8-19-13/h3-8,10H,15H2,1-2H3,(H,16,17). The van der Waals surface area contributed by atoms with Crippen molar-refractivity contribution in [3.63, 3.8) is 0 Å². The first-order chi connectivity index (χ1) is 9.50. The third-order valence-corrected chi connectivity index (χ3v) is 5.85. The number of carbonyl (C=O) groups is 1. The van der Waals surface area contributed by atoms with Crippen LogP contribution in [0.2, 0.25) is 0 Å². The Bertz CT molecular complexity index is 639. The average Bonchev–Trinajstić information content (AvgIpc) is 2.96. The number of amides is 1. The molecule has 0 fully saturated rings. The lowest BCUT2D eigenvalue weighted by molar-refractivity contribution is -0.115. The van der Waals surface area contributed by atoms with Gasteiger partial charge in [-0.3, -0.25) is 9.00 Å². The largest absolute Gasteiger partial charge is 0.398 e. The highest BCUT2D eigenvalue weighted by atomic mass is 32.2. The molecule has 6 heteroatoms. The fourth-order valence-electron chi connectivity index (χ4n) is 1.67. The molecule has 0 bridgehead atoms. The number of nitrogens with two attached hydrogens (primary N) is 1. The zero-order valence-corrected chi connectivity index (χ0v) is 12.9. The van der Waals surface area contributed by atoms with E-state index in [1.54, 1.807) is 31.2 Å². The highest BCUT2D eigenvalue weighted by Gasteiger charge is 2.22. The fourth-order valence-corrected chi connectivity index (χ4v) is 3.91. The molecule has 2 atom stereocenters. The molecule has 0 saturated carbocycles. The van der Waals surface area contributed by atoms with Gasteiger partial charge in [-0.1, -0.05) is 12.1 Å². The van der Waals surface area contributed by atoms with E-state index in [0.717, 1.165) is 5.56 Å². The van der Waals surface area contributed by atoms with Crippen molar-refractivity contribution < 1.29 is 9.00 Å². The van der Waals surface area contributed by atoms with Gasteiger partial charge in [-0.25, -0.2) is 0 Å². The third-order valence-electron chi connectivity index (χ3n) is 3.02. The topological polar surface area (TPSA) is 72.2 Å². The number of anilines is 2. The Morgan fingerprint density at radius 1 is 1.35 bits per heavy atom. The molecule has 0 radical (unpaired) electrons. The molecule has 2 rings (SSSR count). The second kappa shape index (κ2) is 6.19. The molecule has 1 amide bonds. The molecule has 3 N–H and O–H groups in total. The SMILES string of the molecule is Cc1c(N)cccc1NC(=O)C(C)S(=O)c1cccs1. The summed E-state index contributed by atoms with van der Waals surface area (Å²) in [5.74, 6) is -0.273. The molecular formula is C14H16N2O2S2. The molecular weight excluding hydrogens is 292 g/mol. The van der Waals surface area contributed by atoms with Crippen molar-refractivity contribution in [1.29, 1.82) is 0 Å². The van der Waals surface area contributed by atoms with Crippen LogP contribution in [0, 0.1) is 6.92 Å². The van der Waals surface area contributed by atoms with Crippen LogP contribution in [0.5, 0.6) is 0 Å². The Balaban J connectivity index is 2.12. The summed E-state index contributed by atoms with van der Waals surface area (Å²) in [4.78, 5) is 12.2. The predicted molar refractivity (Wildman–Crippen MR) is 84.4 cm³/mol. The van der Waals surface area contributed by atoms with Gasteiger partial charge >= 0.3 is 0 Å². The molecule has 2 unspecified atom stereocenters. The number of carbonyl (C=O) groups excluding carboxylic acids is 1. The summed E-state index contributed by atoms with van der Waals surface area (Å²) >= 11 is 1.39. The number of nitrogens with one attached hydrogen (secondary N) is 1. The molecule has 1 heterocycles. The monoisotopic (exact) mass is 308 g/mol. The number of hydrogen-bond acceptors (Lipinski definition) is 4. The molecule has 20 heavy (non-hydrogen) atoms. The van der Waals surface area contributed by atoms with Crippen molar-refractivity contribution in [2.24, 2.45) is 0 Å². The lowest BCUT2D eigenvalue weighted by Gasteiger charge is -2.13. The zero-order valence-electron chi connectivity index (χ0n) is 11.3. The third kappa shape index (κ3) is 3.08. The molecule has 2 aromatic rings. The Kier molecular flexibility index (Phi) is 4.57. The lowest BCUT2D eigenvalue weighted by Crippen LogP contribution is -2.29. The highest BCUT2D eigenvalue weighted by molar-refractivity contribution is 7.88. The summed E-state index contributed by atoms with van der Waals surface area (Å²) in [6, 6.07) is 8.93. The van der Waals surface area contributed by atoms with Gasteiger partial charge in [-0.15, -0.1) is 11.3 Å². The fraction of sp³-hybridized carbons (Fsp3) is 0.214. The number of thiophene rings is 1. The van der Waals surface area contributed by atoms with Crippen molar-refractivity contribution in [1.82, 2.24) is 0 Å². The lowest BCUT2D eigenvalue weighted by atomic mass is 10.1. The van der Waals surface area contributed by atoms with E-state index in [4.69, 9.17) is 5.73 Å². The van der Waals surface area contributed by atoms with Crippen molar-refractivity contribution in [3.05, 3.63) is 41.3 Å². The van der Waals surface area contributed by atoms with Crippen LogP contribution in [-0.4, -0.2) is 15.4 Å². The smallest absolute Gasteiger partial charge is 0.240 e. The summed E-state index contributed by atoms with van der Waals surface area (Å²) in [6.07, 6.45) is 0. The maximum absolute atomic E-state index is 12.2. The molecule has 4 nitrogen and oxygen atoms in total. The summed E-state index contributed by atoms with van der Waals surface area (Å²) in [7, 11) is -1.34. The second-order valence-corrected chi connectivity index (χ2v) is 7.33. The molecule has 1 aromatic heterocycles. The summed E-state index contributed by atoms with van der Waals surface area (Å²) in [5, 5.41) is 4.02. The van der Waals surface area contributed by atoms with Crippen molar-refractivity contribution in [2.45, 2.75) is 23.3 Å². The Morgan fingerprint density at radius 2 is 2.10 bits per heavy atom. The van der Waals surface area contributed by atoms with E-state index < -0.39 is 16.0 Å². The van der Waals surface area contributed by atoms with Gasteiger partial charge in [0.2, 0.25) is 5.91 Å². The molecule has 0 spiro atoms. The molecule has 0 saturated heterocycles. The maximum atomic E-state index is 12.2. The minimum Gasteiger partial charge on any atom is -0.398 e. The van der Waals surface area contributed by atoms with E-state index >= 15 is 0 Å². The van der Waals surface area contributed by atoms with Crippen LogP contribution >= 0.6 is 11.3 Å². The number of benzene rings is 1. The van der Waals surface area contributed by atoms with Crippen molar-refractivity contribution in [3.8, 4) is 0 Å². The minimum absolute atomic E-state index is 0.273. The van der Waals surface area contributed by atoms with Gasteiger partial charge in [0.15, 0.2) is 0 Å². The minimum atomic E-state index is -1.34. The molecule has 0 aliphatic carbocycles. The van der Waals surface area contributed by atoms with Crippen LogP contribution in [0.1, 0.15) is 12.5 Å². The number of rotatable bonds is 4. The normalized spacial score (nSPS) is 13.7. The van der Waals surface area contributed by atoms with Gasteiger partial charge in [-0.05, 0) is 43.0 Å². The summed E-state index contributed by atoms with van der Waals surface area (Å²) in [6.45, 7) is 3.50. The van der Waals surface area contributed by atoms with Gasteiger partial charge in [0.05, 0.1) is 15.0 Å². The molecule has 1 aromatic carbocycles. The van der Waals surface area contributed by atoms with Gasteiger partial charge in [0.1, 0.15) is 5.25 Å². The summed E-state index contributed by atoms with van der Waals surface area (Å²) < 4.78 is 12.9. The van der Waals surface area contributed by atoms with Crippen molar-refractivity contribution in [2.75, 3.05) is 11.1 Å². The Morgan fingerprint density at radius 3 is 2.75 bits per heavy atom. The first kappa shape index (κ1) is 14.7. The highest BCUT2D eigenvalue weighted by Crippen LogP contribution is 2.22. The van der Waals surface area contributed by atoms with E-state index in [1.165, 1.54) is 11.3 Å².